The predicted molar refractivity (Wildman–Crippen MR) is 69.7 cm³/mol. The lowest BCUT2D eigenvalue weighted by atomic mass is 9.98. The summed E-state index contributed by atoms with van der Waals surface area (Å²) in [5, 5.41) is 3.45. The van der Waals surface area contributed by atoms with E-state index in [2.05, 4.69) is 5.32 Å². The maximum atomic E-state index is 11.0. The molecule has 1 aliphatic heterocycles. The average molecular weight is 256 g/mol. The Morgan fingerprint density at radius 2 is 1.89 bits per heavy atom. The van der Waals surface area contributed by atoms with Crippen LogP contribution in [-0.2, 0) is 9.59 Å². The molecule has 0 aliphatic carbocycles. The van der Waals surface area contributed by atoms with Gasteiger partial charge in [-0.2, -0.15) is 0 Å². The normalized spacial score (nSPS) is 21.8. The van der Waals surface area contributed by atoms with Crippen LogP contribution in [0.3, 0.4) is 0 Å². The van der Waals surface area contributed by atoms with Crippen molar-refractivity contribution in [2.75, 3.05) is 19.6 Å². The van der Waals surface area contributed by atoms with Crippen molar-refractivity contribution >= 4 is 11.8 Å². The lowest BCUT2D eigenvalue weighted by molar-refractivity contribution is -0.122. The second kappa shape index (κ2) is 7.33. The van der Waals surface area contributed by atoms with Gasteiger partial charge in [0.1, 0.15) is 0 Å². The highest BCUT2D eigenvalue weighted by molar-refractivity contribution is 5.79. The van der Waals surface area contributed by atoms with Gasteiger partial charge >= 0.3 is 0 Å². The molecule has 1 saturated heterocycles. The van der Waals surface area contributed by atoms with E-state index in [-0.39, 0.29) is 19.1 Å². The lowest BCUT2D eigenvalue weighted by Crippen LogP contribution is -2.47. The van der Waals surface area contributed by atoms with E-state index in [4.69, 9.17) is 11.5 Å². The van der Waals surface area contributed by atoms with Crippen LogP contribution in [0.15, 0.2) is 0 Å². The van der Waals surface area contributed by atoms with Crippen molar-refractivity contribution in [1.82, 2.24) is 10.2 Å². The number of hydrogen-bond acceptors (Lipinski definition) is 4. The third-order valence-electron chi connectivity index (χ3n) is 3.38. The average Bonchev–Trinajstić information content (AvgIpc) is 2.28. The SMILES string of the molecule is CC(CC1CCCCN1)N(CC(N)=O)CC(N)=O. The Balaban J connectivity index is 2.48. The van der Waals surface area contributed by atoms with Crippen molar-refractivity contribution in [3.8, 4) is 0 Å². The van der Waals surface area contributed by atoms with Gasteiger partial charge in [0.15, 0.2) is 0 Å². The molecule has 1 rings (SSSR count). The van der Waals surface area contributed by atoms with Crippen molar-refractivity contribution in [2.24, 2.45) is 11.5 Å². The quantitative estimate of drug-likeness (QED) is 0.554. The van der Waals surface area contributed by atoms with Crippen molar-refractivity contribution in [3.05, 3.63) is 0 Å². The van der Waals surface area contributed by atoms with Crippen LogP contribution in [0, 0.1) is 0 Å². The Morgan fingerprint density at radius 3 is 2.33 bits per heavy atom. The molecule has 0 aromatic rings. The van der Waals surface area contributed by atoms with E-state index in [0.29, 0.717) is 6.04 Å². The molecular weight excluding hydrogens is 232 g/mol. The number of rotatable bonds is 7. The first-order valence-corrected chi connectivity index (χ1v) is 6.53. The predicted octanol–water partition coefficient (Wildman–Crippen LogP) is -0.820. The van der Waals surface area contributed by atoms with Gasteiger partial charge in [0.05, 0.1) is 13.1 Å². The van der Waals surface area contributed by atoms with Crippen LogP contribution in [0.25, 0.3) is 0 Å². The van der Waals surface area contributed by atoms with Crippen LogP contribution in [0.5, 0.6) is 0 Å². The number of nitrogens with zero attached hydrogens (tertiary/aromatic N) is 1. The van der Waals surface area contributed by atoms with Crippen LogP contribution < -0.4 is 16.8 Å². The monoisotopic (exact) mass is 256 g/mol. The molecule has 2 atom stereocenters. The van der Waals surface area contributed by atoms with Gasteiger partial charge in [-0.15, -0.1) is 0 Å². The fraction of sp³-hybridized carbons (Fsp3) is 0.833. The van der Waals surface area contributed by atoms with Crippen LogP contribution >= 0.6 is 0 Å². The molecule has 104 valence electrons. The molecule has 1 aliphatic rings. The Kier molecular flexibility index (Phi) is 6.07. The Morgan fingerprint density at radius 1 is 1.28 bits per heavy atom. The van der Waals surface area contributed by atoms with E-state index in [9.17, 15) is 9.59 Å². The van der Waals surface area contributed by atoms with Gasteiger partial charge in [-0.3, -0.25) is 14.5 Å². The summed E-state index contributed by atoms with van der Waals surface area (Å²) in [7, 11) is 0. The van der Waals surface area contributed by atoms with Gasteiger partial charge in [-0.1, -0.05) is 6.42 Å². The summed E-state index contributed by atoms with van der Waals surface area (Å²) in [5.41, 5.74) is 10.4. The first-order valence-electron chi connectivity index (χ1n) is 6.53. The summed E-state index contributed by atoms with van der Waals surface area (Å²) in [6.45, 7) is 3.21. The van der Waals surface area contributed by atoms with E-state index >= 15 is 0 Å². The van der Waals surface area contributed by atoms with Gasteiger partial charge < -0.3 is 16.8 Å². The summed E-state index contributed by atoms with van der Waals surface area (Å²) < 4.78 is 0. The third-order valence-corrected chi connectivity index (χ3v) is 3.38. The number of carbonyl (C=O) groups is 2. The summed E-state index contributed by atoms with van der Waals surface area (Å²) in [6, 6.07) is 0.567. The third kappa shape index (κ3) is 5.46. The second-order valence-corrected chi connectivity index (χ2v) is 5.07. The van der Waals surface area contributed by atoms with Crippen LogP contribution in [0.2, 0.25) is 0 Å². The van der Waals surface area contributed by atoms with Crippen LogP contribution in [0.1, 0.15) is 32.6 Å². The molecule has 1 fully saturated rings. The number of hydrogen-bond donors (Lipinski definition) is 3. The first kappa shape index (κ1) is 14.9. The topological polar surface area (TPSA) is 101 Å². The van der Waals surface area contributed by atoms with E-state index in [1.54, 1.807) is 4.90 Å². The molecule has 2 unspecified atom stereocenters. The highest BCUT2D eigenvalue weighted by Gasteiger charge is 2.22. The lowest BCUT2D eigenvalue weighted by Gasteiger charge is -2.32. The zero-order valence-corrected chi connectivity index (χ0v) is 11.0. The van der Waals surface area contributed by atoms with Crippen LogP contribution in [-0.4, -0.2) is 48.4 Å². The number of primary amides is 2. The molecular formula is C12H24N4O2. The molecule has 0 bridgehead atoms. The molecule has 0 aromatic heterocycles. The van der Waals surface area contributed by atoms with Gasteiger partial charge in [0.2, 0.25) is 11.8 Å². The maximum Gasteiger partial charge on any atom is 0.231 e. The summed E-state index contributed by atoms with van der Waals surface area (Å²) in [6.07, 6.45) is 4.50. The molecule has 6 heteroatoms. The van der Waals surface area contributed by atoms with Crippen molar-refractivity contribution in [2.45, 2.75) is 44.7 Å². The number of carbonyl (C=O) groups excluding carboxylic acids is 2. The maximum absolute atomic E-state index is 11.0. The van der Waals surface area contributed by atoms with E-state index in [0.717, 1.165) is 19.4 Å². The molecule has 2 amide bonds. The number of nitrogens with one attached hydrogen (secondary N) is 1. The molecule has 0 radical (unpaired) electrons. The molecule has 5 N–H and O–H groups in total. The fourth-order valence-corrected chi connectivity index (χ4v) is 2.45. The van der Waals surface area contributed by atoms with Gasteiger partial charge in [0, 0.05) is 12.1 Å². The Hall–Kier alpha value is -1.14. The number of nitrogens with two attached hydrogens (primary N) is 2. The highest BCUT2D eigenvalue weighted by atomic mass is 16.2. The molecule has 0 saturated carbocycles. The molecule has 6 nitrogen and oxygen atoms in total. The summed E-state index contributed by atoms with van der Waals surface area (Å²) in [5.74, 6) is -0.862. The first-order chi connectivity index (χ1) is 8.49. The van der Waals surface area contributed by atoms with Crippen molar-refractivity contribution < 1.29 is 9.59 Å². The van der Waals surface area contributed by atoms with Gasteiger partial charge in [0.25, 0.3) is 0 Å². The van der Waals surface area contributed by atoms with Gasteiger partial charge in [-0.25, -0.2) is 0 Å². The zero-order chi connectivity index (χ0) is 13.5. The summed E-state index contributed by atoms with van der Waals surface area (Å²) >= 11 is 0. The van der Waals surface area contributed by atoms with E-state index in [1.807, 2.05) is 6.92 Å². The standard InChI is InChI=1S/C12H24N4O2/c1-9(6-10-4-2-3-5-15-10)16(7-11(13)17)8-12(14)18/h9-10,15H,2-8H2,1H3,(H2,13,17)(H2,14,18). The smallest absolute Gasteiger partial charge is 0.231 e. The van der Waals surface area contributed by atoms with E-state index < -0.39 is 11.8 Å². The van der Waals surface area contributed by atoms with Crippen molar-refractivity contribution in [1.29, 1.82) is 0 Å². The van der Waals surface area contributed by atoms with Crippen molar-refractivity contribution in [3.63, 3.8) is 0 Å². The van der Waals surface area contributed by atoms with Crippen LogP contribution in [0.4, 0.5) is 0 Å². The Labute approximate surface area is 108 Å². The highest BCUT2D eigenvalue weighted by Crippen LogP contribution is 2.14. The fourth-order valence-electron chi connectivity index (χ4n) is 2.45. The van der Waals surface area contributed by atoms with Gasteiger partial charge in [-0.05, 0) is 32.7 Å². The minimum Gasteiger partial charge on any atom is -0.369 e. The van der Waals surface area contributed by atoms with E-state index in [1.165, 1.54) is 12.8 Å². The molecule has 18 heavy (non-hydrogen) atoms. The minimum atomic E-state index is -0.431. The Bertz CT molecular complexity index is 274. The molecule has 0 aromatic carbocycles. The largest absolute Gasteiger partial charge is 0.369 e. The minimum absolute atomic E-state index is 0.0802. The second-order valence-electron chi connectivity index (χ2n) is 5.07. The molecule has 1 heterocycles. The number of piperidine rings is 1. The zero-order valence-electron chi connectivity index (χ0n) is 11.0. The molecule has 0 spiro atoms. The summed E-state index contributed by atoms with van der Waals surface area (Å²) in [4.78, 5) is 23.8. The number of amides is 2.